The fourth-order valence-electron chi connectivity index (χ4n) is 5.36. The molecule has 0 aliphatic carbocycles. The number of carbonyl (C=O) groups is 1. The quantitative estimate of drug-likeness (QED) is 0.395. The van der Waals surface area contributed by atoms with Crippen LogP contribution in [-0.4, -0.2) is 38.1 Å². The number of fused-ring (bicyclic) bond motifs is 4. The van der Waals surface area contributed by atoms with Crippen LogP contribution in [0, 0.1) is 26.7 Å². The van der Waals surface area contributed by atoms with Crippen LogP contribution < -0.4 is 4.90 Å². The van der Waals surface area contributed by atoms with Crippen LogP contribution in [0.25, 0.3) is 5.00 Å². The highest BCUT2D eigenvalue weighted by Gasteiger charge is 2.36. The molecule has 2 aliphatic rings. The zero-order valence-corrected chi connectivity index (χ0v) is 22.2. The number of anilines is 1. The molecule has 0 amide bonds. The van der Waals surface area contributed by atoms with Crippen molar-refractivity contribution >= 4 is 28.7 Å². The van der Waals surface area contributed by atoms with Gasteiger partial charge in [-0.3, -0.25) is 14.4 Å². The summed E-state index contributed by atoms with van der Waals surface area (Å²) in [5, 5.41) is 19.6. The maximum atomic E-state index is 12.1. The summed E-state index contributed by atoms with van der Waals surface area (Å²) in [5.74, 6) is -0.342. The summed E-state index contributed by atoms with van der Waals surface area (Å²) < 4.78 is 2.00. The van der Waals surface area contributed by atoms with E-state index in [1.54, 1.807) is 18.3 Å². The van der Waals surface area contributed by atoms with Crippen LogP contribution in [-0.2, 0) is 17.8 Å². The van der Waals surface area contributed by atoms with E-state index in [-0.39, 0.29) is 0 Å². The van der Waals surface area contributed by atoms with E-state index < -0.39 is 17.9 Å². The third kappa shape index (κ3) is 3.87. The lowest BCUT2D eigenvalue weighted by molar-refractivity contribution is -0.141. The summed E-state index contributed by atoms with van der Waals surface area (Å²) in [4.78, 5) is 20.8. The summed E-state index contributed by atoms with van der Waals surface area (Å²) in [6.45, 7) is 9.70. The maximum absolute atomic E-state index is 12.1. The molecule has 0 saturated carbocycles. The van der Waals surface area contributed by atoms with Gasteiger partial charge in [0.15, 0.2) is 5.82 Å². The smallest absolute Gasteiger partial charge is 0.308 e. The summed E-state index contributed by atoms with van der Waals surface area (Å²) in [6.07, 6.45) is 1.04. The summed E-state index contributed by atoms with van der Waals surface area (Å²) in [7, 11) is 0. The van der Waals surface area contributed by atoms with Crippen LogP contribution in [0.3, 0.4) is 0 Å². The molecule has 0 radical (unpaired) electrons. The Morgan fingerprint density at radius 3 is 2.51 bits per heavy atom. The number of aliphatic imine (C=N–C) groups is 1. The Morgan fingerprint density at radius 1 is 1.05 bits per heavy atom. The van der Waals surface area contributed by atoms with Crippen LogP contribution in [0.2, 0.25) is 0 Å². The van der Waals surface area contributed by atoms with Gasteiger partial charge >= 0.3 is 5.97 Å². The van der Waals surface area contributed by atoms with Crippen molar-refractivity contribution in [1.29, 1.82) is 0 Å². The molecule has 7 nitrogen and oxygen atoms in total. The molecule has 4 aromatic rings. The van der Waals surface area contributed by atoms with Gasteiger partial charge in [0.25, 0.3) is 0 Å². The van der Waals surface area contributed by atoms with E-state index in [1.807, 2.05) is 11.5 Å². The van der Waals surface area contributed by atoms with E-state index in [9.17, 15) is 9.90 Å². The number of carboxylic acids is 1. The highest BCUT2D eigenvalue weighted by molar-refractivity contribution is 7.15. The SMILES string of the molecule is Cc1sc2c(c1C)C(c1ccc(N3CCc4ccccc4C3)cc1)=NC([C@H](C)C(=O)O)c1nnc(C)n1-2. The number of rotatable bonds is 4. The molecule has 2 aromatic heterocycles. The van der Waals surface area contributed by atoms with Crippen molar-refractivity contribution in [2.75, 3.05) is 11.4 Å². The minimum Gasteiger partial charge on any atom is -0.481 e. The second-order valence-electron chi connectivity index (χ2n) is 9.94. The van der Waals surface area contributed by atoms with E-state index in [2.05, 4.69) is 77.5 Å². The van der Waals surface area contributed by atoms with E-state index in [0.29, 0.717) is 5.82 Å². The first-order chi connectivity index (χ1) is 17.8. The second-order valence-corrected chi connectivity index (χ2v) is 11.1. The number of benzene rings is 2. The van der Waals surface area contributed by atoms with E-state index >= 15 is 0 Å². The minimum absolute atomic E-state index is 0.577. The van der Waals surface area contributed by atoms with Crippen LogP contribution in [0.5, 0.6) is 0 Å². The fraction of sp³-hybridized carbons (Fsp3) is 0.310. The van der Waals surface area contributed by atoms with Gasteiger partial charge in [0.05, 0.1) is 11.6 Å². The molecule has 2 atom stereocenters. The molecule has 2 aromatic carbocycles. The zero-order chi connectivity index (χ0) is 25.8. The number of hydrogen-bond acceptors (Lipinski definition) is 6. The fourth-order valence-corrected chi connectivity index (χ4v) is 6.58. The lowest BCUT2D eigenvalue weighted by Gasteiger charge is -2.31. The highest BCUT2D eigenvalue weighted by Crippen LogP contribution is 2.40. The normalized spacial score (nSPS) is 17.4. The molecule has 1 N–H and O–H groups in total. The third-order valence-electron chi connectivity index (χ3n) is 7.69. The van der Waals surface area contributed by atoms with Gasteiger partial charge in [0.1, 0.15) is 16.9 Å². The van der Waals surface area contributed by atoms with E-state index in [1.165, 1.54) is 21.7 Å². The molecular formula is C29H29N5O2S. The Morgan fingerprint density at radius 2 is 1.78 bits per heavy atom. The van der Waals surface area contributed by atoms with E-state index in [0.717, 1.165) is 52.7 Å². The number of carboxylic acid groups (broad SMARTS) is 1. The van der Waals surface area contributed by atoms with Gasteiger partial charge in [-0.15, -0.1) is 21.5 Å². The molecule has 0 fully saturated rings. The molecule has 188 valence electrons. The van der Waals surface area contributed by atoms with Crippen LogP contribution in [0.1, 0.15) is 57.3 Å². The monoisotopic (exact) mass is 511 g/mol. The molecule has 0 saturated heterocycles. The van der Waals surface area contributed by atoms with Gasteiger partial charge in [-0.1, -0.05) is 36.4 Å². The van der Waals surface area contributed by atoms with Crippen molar-refractivity contribution in [1.82, 2.24) is 14.8 Å². The predicted molar refractivity (Wildman–Crippen MR) is 146 cm³/mol. The topological polar surface area (TPSA) is 83.6 Å². The first kappa shape index (κ1) is 23.6. The van der Waals surface area contributed by atoms with Gasteiger partial charge in [-0.05, 0) is 62.9 Å². The van der Waals surface area contributed by atoms with Gasteiger partial charge in [0.2, 0.25) is 0 Å². The molecule has 4 heterocycles. The standard InChI is InChI=1S/C29H29N5O2S/c1-16-18(3)37-28-24(16)26(30-25(17(2)29(35)36)27-32-31-19(4)34(27)28)21-9-11-23(12-10-21)33-14-13-20-7-5-6-8-22(20)15-33/h5-12,17,25H,13-15H2,1-4H3,(H,35,36)/t17-,25?/m0/s1. The Bertz CT molecular complexity index is 1550. The van der Waals surface area contributed by atoms with Crippen molar-refractivity contribution in [3.05, 3.63) is 92.9 Å². The van der Waals surface area contributed by atoms with Crippen LogP contribution in [0.15, 0.2) is 53.5 Å². The average Bonchev–Trinajstić information content (AvgIpc) is 3.37. The number of nitrogens with zero attached hydrogens (tertiary/aromatic N) is 5. The lowest BCUT2D eigenvalue weighted by Crippen LogP contribution is -2.30. The number of hydrogen-bond donors (Lipinski definition) is 1. The molecular weight excluding hydrogens is 482 g/mol. The maximum Gasteiger partial charge on any atom is 0.308 e. The first-order valence-corrected chi connectivity index (χ1v) is 13.4. The molecule has 1 unspecified atom stereocenters. The number of aliphatic carboxylic acids is 1. The Hall–Kier alpha value is -3.78. The van der Waals surface area contributed by atoms with Crippen molar-refractivity contribution in [2.45, 2.75) is 46.7 Å². The first-order valence-electron chi connectivity index (χ1n) is 12.6. The van der Waals surface area contributed by atoms with Crippen molar-refractivity contribution in [3.63, 3.8) is 0 Å². The van der Waals surface area contributed by atoms with Crippen molar-refractivity contribution in [2.24, 2.45) is 10.9 Å². The zero-order valence-electron chi connectivity index (χ0n) is 21.4. The van der Waals surface area contributed by atoms with Gasteiger partial charge in [-0.2, -0.15) is 0 Å². The molecule has 6 rings (SSSR count). The van der Waals surface area contributed by atoms with Gasteiger partial charge in [-0.25, -0.2) is 0 Å². The van der Waals surface area contributed by atoms with Crippen molar-refractivity contribution in [3.8, 4) is 5.00 Å². The van der Waals surface area contributed by atoms with Crippen molar-refractivity contribution < 1.29 is 9.90 Å². The molecule has 0 bridgehead atoms. The highest BCUT2D eigenvalue weighted by atomic mass is 32.1. The molecule has 8 heteroatoms. The predicted octanol–water partition coefficient (Wildman–Crippen LogP) is 5.43. The largest absolute Gasteiger partial charge is 0.481 e. The van der Waals surface area contributed by atoms with Crippen LogP contribution in [0.4, 0.5) is 5.69 Å². The number of aryl methyl sites for hydroxylation is 2. The third-order valence-corrected chi connectivity index (χ3v) is 8.88. The second kappa shape index (κ2) is 8.95. The molecule has 37 heavy (non-hydrogen) atoms. The number of thiophene rings is 1. The van der Waals surface area contributed by atoms with Gasteiger partial charge in [0, 0.05) is 34.8 Å². The Balaban J connectivity index is 1.44. The summed E-state index contributed by atoms with van der Waals surface area (Å²) in [5.41, 5.74) is 7.96. The lowest BCUT2D eigenvalue weighted by atomic mass is 9.97. The molecule has 0 spiro atoms. The van der Waals surface area contributed by atoms with Crippen LogP contribution >= 0.6 is 11.3 Å². The molecule has 2 aliphatic heterocycles. The van der Waals surface area contributed by atoms with Gasteiger partial charge < -0.3 is 10.0 Å². The Labute approximate surface area is 220 Å². The number of aromatic nitrogens is 3. The summed E-state index contributed by atoms with van der Waals surface area (Å²) in [6, 6.07) is 16.6. The minimum atomic E-state index is -0.904. The average molecular weight is 512 g/mol. The Kier molecular flexibility index (Phi) is 5.71. The summed E-state index contributed by atoms with van der Waals surface area (Å²) >= 11 is 1.68. The van der Waals surface area contributed by atoms with E-state index in [4.69, 9.17) is 4.99 Å².